The highest BCUT2D eigenvalue weighted by atomic mass is 16.5. The Labute approximate surface area is 315 Å². The summed E-state index contributed by atoms with van der Waals surface area (Å²) in [4.78, 5) is 63.9. The normalized spacial score (nSPS) is 18.1. The first-order chi connectivity index (χ1) is 26.0. The van der Waals surface area contributed by atoms with E-state index in [1.165, 1.54) is 14.2 Å². The number of carbonyl (C=O) groups is 4. The SMILES string of the molecule is COC(=O)NC(C(=O)N1CCCC1c1cn(-c2ccc(-c3ccc(-n4cnc([C@@H]5CCCN5C(=O)[C@@H](NC(=O)OC)C(C)C)c4)cc3)cc2)cn1)C(C)C. The van der Waals surface area contributed by atoms with E-state index in [1.54, 1.807) is 12.7 Å². The summed E-state index contributed by atoms with van der Waals surface area (Å²) in [5.74, 6) is -0.457. The van der Waals surface area contributed by atoms with Gasteiger partial charge in [-0.1, -0.05) is 52.0 Å². The van der Waals surface area contributed by atoms with E-state index < -0.39 is 24.3 Å². The minimum atomic E-state index is -0.679. The van der Waals surface area contributed by atoms with E-state index in [2.05, 4.69) is 44.9 Å². The zero-order valence-corrected chi connectivity index (χ0v) is 31.8. The summed E-state index contributed by atoms with van der Waals surface area (Å²) in [6.07, 6.45) is 9.57. The fourth-order valence-electron chi connectivity index (χ4n) is 7.39. The molecule has 2 aromatic heterocycles. The molecule has 2 aliphatic rings. The van der Waals surface area contributed by atoms with E-state index in [4.69, 9.17) is 9.47 Å². The van der Waals surface area contributed by atoms with Gasteiger partial charge in [-0.15, -0.1) is 0 Å². The van der Waals surface area contributed by atoms with E-state index in [0.717, 1.165) is 59.6 Å². The Kier molecular flexibility index (Phi) is 11.7. The van der Waals surface area contributed by atoms with Crippen LogP contribution in [0.5, 0.6) is 0 Å². The van der Waals surface area contributed by atoms with Gasteiger partial charge >= 0.3 is 12.2 Å². The van der Waals surface area contributed by atoms with Crippen molar-refractivity contribution in [3.8, 4) is 22.5 Å². The van der Waals surface area contributed by atoms with Gasteiger partial charge < -0.3 is 39.0 Å². The first-order valence-corrected chi connectivity index (χ1v) is 18.6. The topological polar surface area (TPSA) is 153 Å². The molecule has 14 nitrogen and oxygen atoms in total. The van der Waals surface area contributed by atoms with Gasteiger partial charge in [-0.25, -0.2) is 19.6 Å². The summed E-state index contributed by atoms with van der Waals surface area (Å²) >= 11 is 0. The minimum absolute atomic E-state index is 0.0987. The van der Waals surface area contributed by atoms with E-state index in [9.17, 15) is 19.2 Å². The highest BCUT2D eigenvalue weighted by Gasteiger charge is 2.38. The molecule has 2 unspecified atom stereocenters. The molecule has 0 aliphatic carbocycles. The molecule has 2 aliphatic heterocycles. The lowest BCUT2D eigenvalue weighted by atomic mass is 10.0. The van der Waals surface area contributed by atoms with Crippen LogP contribution < -0.4 is 10.6 Å². The second-order valence-corrected chi connectivity index (χ2v) is 14.6. The molecule has 2 fully saturated rings. The average molecular weight is 739 g/mol. The third kappa shape index (κ3) is 8.12. The molecule has 4 atom stereocenters. The number of alkyl carbamates (subject to hydrolysis) is 2. The van der Waals surface area contributed by atoms with Gasteiger partial charge in [0.1, 0.15) is 12.1 Å². The summed E-state index contributed by atoms with van der Waals surface area (Å²) < 4.78 is 13.4. The number of nitrogens with zero attached hydrogens (tertiary/aromatic N) is 6. The molecular weight excluding hydrogens is 688 g/mol. The van der Waals surface area contributed by atoms with E-state index in [1.807, 2.05) is 83.3 Å². The van der Waals surface area contributed by atoms with Crippen LogP contribution in [0.3, 0.4) is 0 Å². The van der Waals surface area contributed by atoms with Gasteiger partial charge in [0.2, 0.25) is 11.8 Å². The van der Waals surface area contributed by atoms with Crippen molar-refractivity contribution in [2.45, 2.75) is 77.5 Å². The fraction of sp³-hybridized carbons (Fsp3) is 0.450. The summed E-state index contributed by atoms with van der Waals surface area (Å²) in [6, 6.07) is 14.8. The van der Waals surface area contributed by atoms with Crippen molar-refractivity contribution in [3.63, 3.8) is 0 Å². The molecule has 54 heavy (non-hydrogen) atoms. The molecule has 2 aromatic carbocycles. The first-order valence-electron chi connectivity index (χ1n) is 18.6. The Balaban J connectivity index is 1.11. The maximum atomic E-state index is 13.5. The quantitative estimate of drug-likeness (QED) is 0.196. The van der Waals surface area contributed by atoms with E-state index in [-0.39, 0.29) is 35.7 Å². The largest absolute Gasteiger partial charge is 0.453 e. The number of nitrogens with one attached hydrogen (secondary N) is 2. The predicted molar refractivity (Wildman–Crippen MR) is 202 cm³/mol. The van der Waals surface area contributed by atoms with Crippen LogP contribution in [0.4, 0.5) is 9.59 Å². The zero-order chi connectivity index (χ0) is 38.5. The molecule has 14 heteroatoms. The first kappa shape index (κ1) is 38.1. The van der Waals surface area contributed by atoms with Crippen LogP contribution in [0.15, 0.2) is 73.6 Å². The van der Waals surface area contributed by atoms with Gasteiger partial charge in [0.05, 0.1) is 50.3 Å². The molecule has 2 saturated heterocycles. The molecule has 4 aromatic rings. The molecule has 6 rings (SSSR count). The molecule has 0 radical (unpaired) electrons. The van der Waals surface area contributed by atoms with Crippen LogP contribution in [0, 0.1) is 11.8 Å². The van der Waals surface area contributed by atoms with Crippen LogP contribution in [0.25, 0.3) is 22.5 Å². The number of aromatic nitrogens is 4. The van der Waals surface area contributed by atoms with Crippen LogP contribution in [-0.2, 0) is 19.1 Å². The van der Waals surface area contributed by atoms with Crippen molar-refractivity contribution in [2.75, 3.05) is 27.3 Å². The van der Waals surface area contributed by atoms with Crippen LogP contribution in [-0.4, -0.2) is 92.3 Å². The number of amides is 4. The molecule has 4 amide bonds. The van der Waals surface area contributed by atoms with Crippen LogP contribution >= 0.6 is 0 Å². The number of ether oxygens (including phenoxy) is 2. The number of benzene rings is 2. The van der Waals surface area contributed by atoms with Crippen molar-refractivity contribution in [3.05, 3.63) is 85.0 Å². The van der Waals surface area contributed by atoms with Crippen molar-refractivity contribution >= 4 is 24.0 Å². The number of hydrogen-bond acceptors (Lipinski definition) is 8. The Morgan fingerprint density at radius 2 is 1.00 bits per heavy atom. The number of rotatable bonds is 11. The van der Waals surface area contributed by atoms with Gasteiger partial charge in [0.15, 0.2) is 0 Å². The molecule has 0 saturated carbocycles. The minimum Gasteiger partial charge on any atom is -0.453 e. The highest BCUT2D eigenvalue weighted by Crippen LogP contribution is 2.34. The summed E-state index contributed by atoms with van der Waals surface area (Å²) in [5.41, 5.74) is 5.63. The lowest BCUT2D eigenvalue weighted by Gasteiger charge is -2.30. The fourth-order valence-corrected chi connectivity index (χ4v) is 7.39. The maximum absolute atomic E-state index is 13.5. The lowest BCUT2D eigenvalue weighted by Crippen LogP contribution is -2.51. The number of likely N-dealkylation sites (tertiary alicyclic amines) is 2. The Hall–Kier alpha value is -5.66. The highest BCUT2D eigenvalue weighted by molar-refractivity contribution is 5.87. The number of imidazole rings is 2. The lowest BCUT2D eigenvalue weighted by molar-refractivity contribution is -0.136. The van der Waals surface area contributed by atoms with Crippen LogP contribution in [0.1, 0.15) is 76.8 Å². The van der Waals surface area contributed by atoms with Crippen molar-refractivity contribution in [1.29, 1.82) is 0 Å². The smallest absolute Gasteiger partial charge is 0.407 e. The Morgan fingerprint density at radius 3 is 1.33 bits per heavy atom. The molecule has 2 N–H and O–H groups in total. The van der Waals surface area contributed by atoms with Crippen LogP contribution in [0.2, 0.25) is 0 Å². The monoisotopic (exact) mass is 738 g/mol. The zero-order valence-electron chi connectivity index (χ0n) is 31.8. The van der Waals surface area contributed by atoms with Crippen molar-refractivity contribution in [2.24, 2.45) is 11.8 Å². The third-order valence-electron chi connectivity index (χ3n) is 10.4. The maximum Gasteiger partial charge on any atom is 0.407 e. The summed E-state index contributed by atoms with van der Waals surface area (Å²) in [6.45, 7) is 8.82. The van der Waals surface area contributed by atoms with Crippen molar-refractivity contribution in [1.82, 2.24) is 39.5 Å². The molecule has 4 heterocycles. The van der Waals surface area contributed by atoms with Gasteiger partial charge in [-0.05, 0) is 72.9 Å². The Morgan fingerprint density at radius 1 is 0.630 bits per heavy atom. The van der Waals surface area contributed by atoms with E-state index in [0.29, 0.717) is 13.1 Å². The van der Waals surface area contributed by atoms with Crippen molar-refractivity contribution < 1.29 is 28.7 Å². The number of hydrogen-bond donors (Lipinski definition) is 2. The number of carbonyl (C=O) groups excluding carboxylic acids is 4. The van der Waals surface area contributed by atoms with Gasteiger partial charge in [0, 0.05) is 36.9 Å². The molecule has 286 valence electrons. The molecule has 0 spiro atoms. The molecule has 0 bridgehead atoms. The van der Waals surface area contributed by atoms with Gasteiger partial charge in [-0.3, -0.25) is 9.59 Å². The Bertz CT molecular complexity index is 1800. The molecular formula is C40H50N8O6. The van der Waals surface area contributed by atoms with Gasteiger partial charge in [-0.2, -0.15) is 0 Å². The van der Waals surface area contributed by atoms with E-state index >= 15 is 0 Å². The third-order valence-corrected chi connectivity index (χ3v) is 10.4. The average Bonchev–Trinajstić information content (AvgIpc) is 4.02. The number of methoxy groups -OCH3 is 2. The second-order valence-electron chi connectivity index (χ2n) is 14.6. The summed E-state index contributed by atoms with van der Waals surface area (Å²) in [5, 5.41) is 5.39. The second kappa shape index (κ2) is 16.6. The summed E-state index contributed by atoms with van der Waals surface area (Å²) in [7, 11) is 2.58. The van der Waals surface area contributed by atoms with Gasteiger partial charge in [0.25, 0.3) is 0 Å². The standard InChI is InChI=1S/C40H50N8O6/c1-25(2)35(43-39(51)53-5)37(49)47-19-7-9-33(47)31-21-45(23-41-31)29-15-11-27(12-16-29)28-13-17-30(18-14-28)46-22-32(42-24-46)34-10-8-20-48(34)38(50)36(26(3)4)44-40(52)54-6/h11-18,21-26,33-36H,7-10,19-20H2,1-6H3,(H,43,51)(H,44,52)/t33-,34?,35-,36?/m0/s1. The predicted octanol–water partition coefficient (Wildman–Crippen LogP) is 5.81.